The van der Waals surface area contributed by atoms with E-state index in [4.69, 9.17) is 9.15 Å². The molecule has 0 aliphatic carbocycles. The molecule has 3 rings (SSSR count). The number of benzene rings is 1. The number of nitrogens with zero attached hydrogens (tertiary/aromatic N) is 3. The SMILES string of the molecule is COc1cccc(N=c2scc(C)n2N=Cc2ccc(C)o2)c1. The topological polar surface area (TPSA) is 52.0 Å². The summed E-state index contributed by atoms with van der Waals surface area (Å²) in [5.74, 6) is 2.35. The molecule has 0 radical (unpaired) electrons. The minimum Gasteiger partial charge on any atom is -0.497 e. The van der Waals surface area contributed by atoms with Crippen LogP contribution < -0.4 is 9.54 Å². The van der Waals surface area contributed by atoms with E-state index in [9.17, 15) is 0 Å². The second kappa shape index (κ2) is 6.66. The molecule has 2 aromatic heterocycles. The monoisotopic (exact) mass is 327 g/mol. The van der Waals surface area contributed by atoms with Crippen LogP contribution in [-0.2, 0) is 0 Å². The van der Waals surface area contributed by atoms with Crippen molar-refractivity contribution in [3.63, 3.8) is 0 Å². The summed E-state index contributed by atoms with van der Waals surface area (Å²) in [6, 6.07) is 11.4. The number of aromatic nitrogens is 1. The van der Waals surface area contributed by atoms with Crippen LogP contribution in [0.5, 0.6) is 5.75 Å². The van der Waals surface area contributed by atoms with Crippen LogP contribution in [0, 0.1) is 13.8 Å². The predicted molar refractivity (Wildman–Crippen MR) is 91.7 cm³/mol. The molecule has 0 aliphatic rings. The van der Waals surface area contributed by atoms with Gasteiger partial charge in [0.1, 0.15) is 17.3 Å². The minimum absolute atomic E-state index is 0.716. The first-order chi connectivity index (χ1) is 11.2. The number of hydrogen-bond acceptors (Lipinski definition) is 5. The molecule has 0 N–H and O–H groups in total. The van der Waals surface area contributed by atoms with E-state index >= 15 is 0 Å². The summed E-state index contributed by atoms with van der Waals surface area (Å²) in [4.78, 5) is 5.43. The Morgan fingerprint density at radius 3 is 2.83 bits per heavy atom. The van der Waals surface area contributed by atoms with Gasteiger partial charge in [0, 0.05) is 11.4 Å². The van der Waals surface area contributed by atoms with Gasteiger partial charge in [-0.15, -0.1) is 11.3 Å². The van der Waals surface area contributed by atoms with Gasteiger partial charge in [-0.25, -0.2) is 9.67 Å². The molecule has 0 unspecified atom stereocenters. The van der Waals surface area contributed by atoms with Gasteiger partial charge < -0.3 is 9.15 Å². The average molecular weight is 327 g/mol. The second-order valence-corrected chi connectivity index (χ2v) is 5.81. The Balaban J connectivity index is 1.97. The first kappa shape index (κ1) is 15.3. The van der Waals surface area contributed by atoms with Crippen LogP contribution in [-0.4, -0.2) is 18.0 Å². The Hall–Kier alpha value is -2.60. The van der Waals surface area contributed by atoms with Crippen molar-refractivity contribution in [3.05, 3.63) is 63.8 Å². The maximum Gasteiger partial charge on any atom is 0.211 e. The molecule has 5 nitrogen and oxygen atoms in total. The lowest BCUT2D eigenvalue weighted by atomic mass is 10.3. The third-order valence-electron chi connectivity index (χ3n) is 3.19. The standard InChI is InChI=1S/C17H17N3O2S/c1-12-11-23-17(19-14-5-4-6-15(9-14)21-3)20(12)18-10-16-8-7-13(2)22-16/h4-11H,1-3H3. The molecule has 2 heterocycles. The number of methoxy groups -OCH3 is 1. The van der Waals surface area contributed by atoms with Crippen molar-refractivity contribution in [3.8, 4) is 5.75 Å². The van der Waals surface area contributed by atoms with Crippen molar-refractivity contribution < 1.29 is 9.15 Å². The average Bonchev–Trinajstić information content (AvgIpc) is 3.12. The van der Waals surface area contributed by atoms with Crippen molar-refractivity contribution >= 4 is 23.2 Å². The molecule has 3 aromatic rings. The maximum atomic E-state index is 5.50. The van der Waals surface area contributed by atoms with Crippen LogP contribution in [0.2, 0.25) is 0 Å². The number of thiazole rings is 1. The van der Waals surface area contributed by atoms with Crippen molar-refractivity contribution in [2.45, 2.75) is 13.8 Å². The van der Waals surface area contributed by atoms with Crippen LogP contribution in [0.25, 0.3) is 0 Å². The van der Waals surface area contributed by atoms with Crippen molar-refractivity contribution in [1.82, 2.24) is 4.68 Å². The Bertz CT molecular complexity index is 902. The Morgan fingerprint density at radius 2 is 2.09 bits per heavy atom. The van der Waals surface area contributed by atoms with E-state index in [1.165, 1.54) is 11.3 Å². The Morgan fingerprint density at radius 1 is 1.22 bits per heavy atom. The number of ether oxygens (including phenoxy) is 1. The normalized spacial score (nSPS) is 12.2. The van der Waals surface area contributed by atoms with E-state index in [0.29, 0.717) is 5.76 Å². The van der Waals surface area contributed by atoms with Crippen LogP contribution in [0.3, 0.4) is 0 Å². The van der Waals surface area contributed by atoms with Gasteiger partial charge >= 0.3 is 0 Å². The summed E-state index contributed by atoms with van der Waals surface area (Å²) in [5, 5.41) is 6.49. The van der Waals surface area contributed by atoms with Gasteiger partial charge in [-0.05, 0) is 38.1 Å². The zero-order valence-corrected chi connectivity index (χ0v) is 14.0. The summed E-state index contributed by atoms with van der Waals surface area (Å²) in [7, 11) is 1.64. The molecule has 1 aromatic carbocycles. The summed E-state index contributed by atoms with van der Waals surface area (Å²) >= 11 is 1.54. The van der Waals surface area contributed by atoms with E-state index in [0.717, 1.165) is 27.7 Å². The Labute approximate surface area is 138 Å². The minimum atomic E-state index is 0.716. The van der Waals surface area contributed by atoms with Crippen molar-refractivity contribution in [1.29, 1.82) is 0 Å². The number of hydrogen-bond donors (Lipinski definition) is 0. The summed E-state index contributed by atoms with van der Waals surface area (Å²) in [6.07, 6.45) is 1.69. The first-order valence-electron chi connectivity index (χ1n) is 7.12. The zero-order valence-electron chi connectivity index (χ0n) is 13.2. The highest BCUT2D eigenvalue weighted by molar-refractivity contribution is 7.07. The third kappa shape index (κ3) is 3.60. The molecule has 0 saturated heterocycles. The third-order valence-corrected chi connectivity index (χ3v) is 4.12. The fourth-order valence-corrected chi connectivity index (χ4v) is 2.86. The fourth-order valence-electron chi connectivity index (χ4n) is 2.03. The largest absolute Gasteiger partial charge is 0.497 e. The molecule has 0 bridgehead atoms. The molecular formula is C17H17N3O2S. The van der Waals surface area contributed by atoms with E-state index in [2.05, 4.69) is 10.1 Å². The molecule has 0 aliphatic heterocycles. The molecule has 23 heavy (non-hydrogen) atoms. The van der Waals surface area contributed by atoms with E-state index in [1.807, 2.05) is 55.6 Å². The maximum absolute atomic E-state index is 5.50. The van der Waals surface area contributed by atoms with E-state index in [-0.39, 0.29) is 0 Å². The number of aryl methyl sites for hydroxylation is 2. The molecular weight excluding hydrogens is 310 g/mol. The molecule has 0 atom stereocenters. The molecule has 0 fully saturated rings. The second-order valence-electron chi connectivity index (χ2n) is 4.98. The van der Waals surface area contributed by atoms with Crippen molar-refractivity contribution in [2.75, 3.05) is 7.11 Å². The van der Waals surface area contributed by atoms with Gasteiger partial charge in [0.2, 0.25) is 4.80 Å². The first-order valence-corrected chi connectivity index (χ1v) is 8.00. The smallest absolute Gasteiger partial charge is 0.211 e. The van der Waals surface area contributed by atoms with E-state index < -0.39 is 0 Å². The molecule has 0 saturated carbocycles. The lowest BCUT2D eigenvalue weighted by Gasteiger charge is -2.00. The summed E-state index contributed by atoms with van der Waals surface area (Å²) in [6.45, 7) is 3.90. The fraction of sp³-hybridized carbons (Fsp3) is 0.176. The highest BCUT2D eigenvalue weighted by Gasteiger charge is 2.01. The van der Waals surface area contributed by atoms with Crippen LogP contribution in [0.15, 0.2) is 56.3 Å². The molecule has 118 valence electrons. The van der Waals surface area contributed by atoms with Crippen molar-refractivity contribution in [2.24, 2.45) is 10.1 Å². The quantitative estimate of drug-likeness (QED) is 0.683. The van der Waals surface area contributed by atoms with Crippen LogP contribution in [0.1, 0.15) is 17.2 Å². The van der Waals surface area contributed by atoms with Gasteiger partial charge in [-0.1, -0.05) is 6.07 Å². The van der Waals surface area contributed by atoms with E-state index in [1.54, 1.807) is 18.0 Å². The van der Waals surface area contributed by atoms with Gasteiger partial charge in [0.05, 0.1) is 24.7 Å². The van der Waals surface area contributed by atoms with Crippen LogP contribution >= 0.6 is 11.3 Å². The number of furan rings is 1. The van der Waals surface area contributed by atoms with Crippen LogP contribution in [0.4, 0.5) is 5.69 Å². The van der Waals surface area contributed by atoms with Gasteiger partial charge in [-0.3, -0.25) is 0 Å². The van der Waals surface area contributed by atoms with Gasteiger partial charge in [0.15, 0.2) is 0 Å². The van der Waals surface area contributed by atoms with Gasteiger partial charge in [-0.2, -0.15) is 5.10 Å². The highest BCUT2D eigenvalue weighted by Crippen LogP contribution is 2.19. The predicted octanol–water partition coefficient (Wildman–Crippen LogP) is 3.88. The van der Waals surface area contributed by atoms with Gasteiger partial charge in [0.25, 0.3) is 0 Å². The lowest BCUT2D eigenvalue weighted by Crippen LogP contribution is -2.11. The zero-order chi connectivity index (χ0) is 16.2. The Kier molecular flexibility index (Phi) is 4.43. The molecule has 6 heteroatoms. The number of rotatable bonds is 4. The highest BCUT2D eigenvalue weighted by atomic mass is 32.1. The molecule has 0 spiro atoms. The lowest BCUT2D eigenvalue weighted by molar-refractivity contribution is 0.415. The summed E-state index contributed by atoms with van der Waals surface area (Å²) < 4.78 is 12.5. The summed E-state index contributed by atoms with van der Waals surface area (Å²) in [5.41, 5.74) is 1.83. The molecule has 0 amide bonds.